The van der Waals surface area contributed by atoms with Gasteiger partial charge < -0.3 is 0 Å². The third kappa shape index (κ3) is 1.50. The standard InChI is InChI=1S/C13H9N3O/c17-8-9-4-1-2-5-10(9)11-6-3-7-12-13(11)15-16-14-12/h1-8H,(H,14,15,16). The number of aldehydes is 1. The van der Waals surface area contributed by atoms with Crippen LogP contribution in [0, 0.1) is 0 Å². The molecule has 0 aliphatic carbocycles. The summed E-state index contributed by atoms with van der Waals surface area (Å²) in [6.45, 7) is 0. The molecule has 82 valence electrons. The highest BCUT2D eigenvalue weighted by molar-refractivity contribution is 5.97. The highest BCUT2D eigenvalue weighted by Gasteiger charge is 2.09. The van der Waals surface area contributed by atoms with Crippen LogP contribution in [0.15, 0.2) is 42.5 Å². The van der Waals surface area contributed by atoms with Crippen LogP contribution in [0.2, 0.25) is 0 Å². The Morgan fingerprint density at radius 1 is 1.00 bits per heavy atom. The maximum Gasteiger partial charge on any atom is 0.150 e. The van der Waals surface area contributed by atoms with E-state index in [4.69, 9.17) is 0 Å². The second-order valence-electron chi connectivity index (χ2n) is 3.72. The number of aromatic amines is 1. The van der Waals surface area contributed by atoms with E-state index in [0.29, 0.717) is 5.56 Å². The van der Waals surface area contributed by atoms with E-state index in [1.165, 1.54) is 0 Å². The molecule has 0 saturated carbocycles. The lowest BCUT2D eigenvalue weighted by Gasteiger charge is -2.04. The minimum atomic E-state index is 0.656. The highest BCUT2D eigenvalue weighted by atomic mass is 16.1. The van der Waals surface area contributed by atoms with Crippen molar-refractivity contribution >= 4 is 17.3 Å². The quantitative estimate of drug-likeness (QED) is 0.679. The van der Waals surface area contributed by atoms with E-state index >= 15 is 0 Å². The number of carbonyl (C=O) groups is 1. The summed E-state index contributed by atoms with van der Waals surface area (Å²) in [6.07, 6.45) is 0.855. The molecule has 0 spiro atoms. The maximum absolute atomic E-state index is 11.0. The molecule has 0 saturated heterocycles. The Hall–Kier alpha value is -2.49. The van der Waals surface area contributed by atoms with Crippen molar-refractivity contribution in [3.05, 3.63) is 48.0 Å². The molecule has 4 nitrogen and oxygen atoms in total. The van der Waals surface area contributed by atoms with Crippen molar-refractivity contribution in [3.63, 3.8) is 0 Å². The summed E-state index contributed by atoms with van der Waals surface area (Å²) < 4.78 is 0. The first-order valence-electron chi connectivity index (χ1n) is 5.24. The molecule has 0 aliphatic heterocycles. The van der Waals surface area contributed by atoms with Gasteiger partial charge in [0.25, 0.3) is 0 Å². The topological polar surface area (TPSA) is 58.6 Å². The van der Waals surface area contributed by atoms with Gasteiger partial charge in [-0.15, -0.1) is 5.10 Å². The monoisotopic (exact) mass is 223 g/mol. The van der Waals surface area contributed by atoms with Crippen molar-refractivity contribution in [1.29, 1.82) is 0 Å². The molecule has 2 aromatic carbocycles. The van der Waals surface area contributed by atoms with E-state index in [2.05, 4.69) is 15.4 Å². The van der Waals surface area contributed by atoms with Gasteiger partial charge in [-0.3, -0.25) is 9.89 Å². The summed E-state index contributed by atoms with van der Waals surface area (Å²) in [5.74, 6) is 0. The molecule has 0 unspecified atom stereocenters. The summed E-state index contributed by atoms with van der Waals surface area (Å²) in [4.78, 5) is 11.0. The van der Waals surface area contributed by atoms with Crippen LogP contribution in [-0.2, 0) is 0 Å². The molecular formula is C13H9N3O. The average molecular weight is 223 g/mol. The number of fused-ring (bicyclic) bond motifs is 1. The lowest BCUT2D eigenvalue weighted by molar-refractivity contribution is 0.112. The van der Waals surface area contributed by atoms with Crippen LogP contribution in [0.4, 0.5) is 0 Å². The minimum Gasteiger partial charge on any atom is -0.298 e. The average Bonchev–Trinajstić information content (AvgIpc) is 2.86. The van der Waals surface area contributed by atoms with Crippen LogP contribution in [0.3, 0.4) is 0 Å². The molecule has 17 heavy (non-hydrogen) atoms. The second-order valence-corrected chi connectivity index (χ2v) is 3.72. The third-order valence-electron chi connectivity index (χ3n) is 2.73. The van der Waals surface area contributed by atoms with E-state index in [0.717, 1.165) is 28.4 Å². The molecule has 0 radical (unpaired) electrons. The number of rotatable bonds is 2. The van der Waals surface area contributed by atoms with Crippen LogP contribution in [0.5, 0.6) is 0 Å². The molecule has 3 rings (SSSR count). The van der Waals surface area contributed by atoms with E-state index in [1.807, 2.05) is 36.4 Å². The Bertz CT molecular complexity index is 688. The van der Waals surface area contributed by atoms with Crippen molar-refractivity contribution in [2.75, 3.05) is 0 Å². The SMILES string of the molecule is O=Cc1ccccc1-c1cccc2[nH]nnc12. The first kappa shape index (κ1) is 9.72. The van der Waals surface area contributed by atoms with Crippen LogP contribution in [0.1, 0.15) is 10.4 Å². The van der Waals surface area contributed by atoms with Crippen LogP contribution >= 0.6 is 0 Å². The summed E-state index contributed by atoms with van der Waals surface area (Å²) in [5, 5.41) is 10.6. The lowest BCUT2D eigenvalue weighted by Crippen LogP contribution is -1.88. The second kappa shape index (κ2) is 3.83. The van der Waals surface area contributed by atoms with E-state index in [1.54, 1.807) is 6.07 Å². The predicted molar refractivity (Wildman–Crippen MR) is 64.7 cm³/mol. The fourth-order valence-corrected chi connectivity index (χ4v) is 1.93. The Balaban J connectivity index is 2.34. The van der Waals surface area contributed by atoms with Gasteiger partial charge in [-0.25, -0.2) is 0 Å². The first-order chi connectivity index (χ1) is 8.40. The summed E-state index contributed by atoms with van der Waals surface area (Å²) in [5.41, 5.74) is 4.09. The smallest absolute Gasteiger partial charge is 0.150 e. The number of nitrogens with one attached hydrogen (secondary N) is 1. The highest BCUT2D eigenvalue weighted by Crippen LogP contribution is 2.27. The molecule has 1 heterocycles. The summed E-state index contributed by atoms with van der Waals surface area (Å²) >= 11 is 0. The summed E-state index contributed by atoms with van der Waals surface area (Å²) in [6, 6.07) is 13.2. The zero-order valence-electron chi connectivity index (χ0n) is 8.92. The fraction of sp³-hybridized carbons (Fsp3) is 0. The maximum atomic E-state index is 11.0. The van der Waals surface area contributed by atoms with Crippen molar-refractivity contribution in [2.24, 2.45) is 0 Å². The largest absolute Gasteiger partial charge is 0.298 e. The van der Waals surface area contributed by atoms with Gasteiger partial charge in [-0.2, -0.15) is 0 Å². The summed E-state index contributed by atoms with van der Waals surface area (Å²) in [7, 11) is 0. The molecule has 1 aromatic heterocycles. The van der Waals surface area contributed by atoms with Crippen LogP contribution in [-0.4, -0.2) is 21.7 Å². The Morgan fingerprint density at radius 3 is 2.71 bits per heavy atom. The van der Waals surface area contributed by atoms with E-state index in [-0.39, 0.29) is 0 Å². The Morgan fingerprint density at radius 2 is 1.82 bits per heavy atom. The van der Waals surface area contributed by atoms with Crippen LogP contribution in [0.25, 0.3) is 22.2 Å². The number of hydrogen-bond acceptors (Lipinski definition) is 3. The van der Waals surface area contributed by atoms with Gasteiger partial charge in [0, 0.05) is 11.1 Å². The number of aromatic nitrogens is 3. The molecule has 0 fully saturated rings. The molecule has 0 aliphatic rings. The predicted octanol–water partition coefficient (Wildman–Crippen LogP) is 2.44. The zero-order chi connectivity index (χ0) is 11.7. The van der Waals surface area contributed by atoms with Crippen molar-refractivity contribution in [3.8, 4) is 11.1 Å². The van der Waals surface area contributed by atoms with Gasteiger partial charge in [0.05, 0.1) is 5.52 Å². The van der Waals surface area contributed by atoms with Crippen molar-refractivity contribution < 1.29 is 4.79 Å². The van der Waals surface area contributed by atoms with E-state index < -0.39 is 0 Å². The van der Waals surface area contributed by atoms with Gasteiger partial charge in [-0.05, 0) is 11.6 Å². The molecule has 4 heteroatoms. The minimum absolute atomic E-state index is 0.656. The number of hydrogen-bond donors (Lipinski definition) is 1. The molecule has 0 amide bonds. The number of benzene rings is 2. The molecule has 0 bridgehead atoms. The molecule has 0 atom stereocenters. The van der Waals surface area contributed by atoms with Gasteiger partial charge >= 0.3 is 0 Å². The third-order valence-corrected chi connectivity index (χ3v) is 2.73. The number of carbonyl (C=O) groups excluding carboxylic acids is 1. The van der Waals surface area contributed by atoms with Crippen molar-refractivity contribution in [2.45, 2.75) is 0 Å². The number of H-pyrrole nitrogens is 1. The van der Waals surface area contributed by atoms with Crippen molar-refractivity contribution in [1.82, 2.24) is 15.4 Å². The number of nitrogens with zero attached hydrogens (tertiary/aromatic N) is 2. The Kier molecular flexibility index (Phi) is 2.19. The van der Waals surface area contributed by atoms with E-state index in [9.17, 15) is 4.79 Å². The lowest BCUT2D eigenvalue weighted by atomic mass is 9.99. The fourth-order valence-electron chi connectivity index (χ4n) is 1.93. The van der Waals surface area contributed by atoms with Gasteiger partial charge in [-0.1, -0.05) is 41.6 Å². The molecule has 1 N–H and O–H groups in total. The first-order valence-corrected chi connectivity index (χ1v) is 5.24. The van der Waals surface area contributed by atoms with Gasteiger partial charge in [0.2, 0.25) is 0 Å². The molecular weight excluding hydrogens is 214 g/mol. The molecule has 3 aromatic rings. The normalized spacial score (nSPS) is 10.6. The van der Waals surface area contributed by atoms with Gasteiger partial charge in [0.15, 0.2) is 6.29 Å². The Labute approximate surface area is 97.3 Å². The van der Waals surface area contributed by atoms with Crippen LogP contribution < -0.4 is 0 Å². The zero-order valence-corrected chi connectivity index (χ0v) is 8.92. The van der Waals surface area contributed by atoms with Gasteiger partial charge in [0.1, 0.15) is 5.52 Å².